The second-order valence-corrected chi connectivity index (χ2v) is 5.73. The Kier molecular flexibility index (Phi) is 4.65. The number of aryl methyl sites for hydroxylation is 1. The van der Waals surface area contributed by atoms with Gasteiger partial charge in [-0.2, -0.15) is 0 Å². The summed E-state index contributed by atoms with van der Waals surface area (Å²) in [7, 11) is 0. The Morgan fingerprint density at radius 1 is 1.20 bits per heavy atom. The highest BCUT2D eigenvalue weighted by atomic mass is 16.4. The molecule has 4 heteroatoms. The van der Waals surface area contributed by atoms with E-state index in [0.29, 0.717) is 0 Å². The fourth-order valence-electron chi connectivity index (χ4n) is 2.73. The fraction of sp³-hybridized carbons (Fsp3) is 0.562. The largest absolute Gasteiger partial charge is 0.481 e. The van der Waals surface area contributed by atoms with E-state index in [1.165, 1.54) is 11.3 Å². The van der Waals surface area contributed by atoms with Crippen molar-refractivity contribution in [2.45, 2.75) is 26.8 Å². The van der Waals surface area contributed by atoms with Crippen molar-refractivity contribution < 1.29 is 9.90 Å². The van der Waals surface area contributed by atoms with Crippen LogP contribution in [0.3, 0.4) is 0 Å². The van der Waals surface area contributed by atoms with Gasteiger partial charge in [0.25, 0.3) is 0 Å². The predicted molar refractivity (Wildman–Crippen MR) is 81.2 cm³/mol. The molecule has 1 fully saturated rings. The number of carboxylic acids is 1. The summed E-state index contributed by atoms with van der Waals surface area (Å²) in [5.74, 6) is -1.03. The lowest BCUT2D eigenvalue weighted by molar-refractivity contribution is -0.143. The molecule has 0 saturated carbocycles. The van der Waals surface area contributed by atoms with E-state index in [2.05, 4.69) is 41.0 Å². The first-order valence-electron chi connectivity index (χ1n) is 7.27. The number of carbonyl (C=O) groups is 1. The van der Waals surface area contributed by atoms with Crippen molar-refractivity contribution in [3.05, 3.63) is 29.8 Å². The van der Waals surface area contributed by atoms with Gasteiger partial charge in [-0.05, 0) is 31.5 Å². The van der Waals surface area contributed by atoms with Gasteiger partial charge in [0.05, 0.1) is 5.92 Å². The summed E-state index contributed by atoms with van der Waals surface area (Å²) in [5, 5.41) is 9.11. The van der Waals surface area contributed by atoms with Gasteiger partial charge in [0.1, 0.15) is 0 Å². The first kappa shape index (κ1) is 14.9. The van der Waals surface area contributed by atoms with Crippen molar-refractivity contribution >= 4 is 11.7 Å². The Bertz CT molecular complexity index is 467. The molecule has 2 atom stereocenters. The van der Waals surface area contributed by atoms with Gasteiger partial charge in [-0.3, -0.25) is 9.69 Å². The van der Waals surface area contributed by atoms with Crippen LogP contribution >= 0.6 is 0 Å². The number of piperazine rings is 1. The Labute approximate surface area is 121 Å². The molecule has 1 aromatic rings. The van der Waals surface area contributed by atoms with Crippen molar-refractivity contribution in [2.24, 2.45) is 5.92 Å². The number of aliphatic carboxylic acids is 1. The van der Waals surface area contributed by atoms with Crippen molar-refractivity contribution in [3.8, 4) is 0 Å². The normalized spacial score (nSPS) is 19.6. The number of anilines is 1. The molecule has 1 aliphatic rings. The third-order valence-electron chi connectivity index (χ3n) is 4.37. The van der Waals surface area contributed by atoms with Gasteiger partial charge in [0.15, 0.2) is 0 Å². The topological polar surface area (TPSA) is 43.8 Å². The lowest BCUT2D eigenvalue weighted by Crippen LogP contribution is -2.52. The number of rotatable bonds is 4. The maximum absolute atomic E-state index is 11.1. The summed E-state index contributed by atoms with van der Waals surface area (Å²) >= 11 is 0. The molecular formula is C16H24N2O2. The summed E-state index contributed by atoms with van der Waals surface area (Å²) in [6.07, 6.45) is 0. The van der Waals surface area contributed by atoms with Crippen LogP contribution in [0.1, 0.15) is 19.4 Å². The molecule has 1 N–H and O–H groups in total. The molecule has 2 rings (SSSR count). The third-order valence-corrected chi connectivity index (χ3v) is 4.37. The van der Waals surface area contributed by atoms with Gasteiger partial charge in [-0.1, -0.05) is 19.1 Å². The lowest BCUT2D eigenvalue weighted by Gasteiger charge is -2.40. The Hall–Kier alpha value is -1.55. The Balaban J connectivity index is 1.94. The average Bonchev–Trinajstić information content (AvgIpc) is 2.46. The molecule has 1 heterocycles. The van der Waals surface area contributed by atoms with Crippen molar-refractivity contribution in [2.75, 3.05) is 31.1 Å². The zero-order valence-electron chi connectivity index (χ0n) is 12.5. The molecule has 0 aromatic heterocycles. The second kappa shape index (κ2) is 6.27. The SMILES string of the molecule is Cc1cccc(N2CCN(C(C)C(C)C(=O)O)CC2)c1. The first-order valence-corrected chi connectivity index (χ1v) is 7.27. The van der Waals surface area contributed by atoms with Crippen molar-refractivity contribution in [1.82, 2.24) is 4.90 Å². The highest BCUT2D eigenvalue weighted by molar-refractivity contribution is 5.70. The van der Waals surface area contributed by atoms with E-state index in [1.807, 2.05) is 6.92 Å². The van der Waals surface area contributed by atoms with Gasteiger partial charge in [0.2, 0.25) is 0 Å². The Morgan fingerprint density at radius 2 is 1.85 bits per heavy atom. The third kappa shape index (κ3) is 3.31. The molecule has 4 nitrogen and oxygen atoms in total. The van der Waals surface area contributed by atoms with Gasteiger partial charge < -0.3 is 10.0 Å². The van der Waals surface area contributed by atoms with Crippen LogP contribution in [0.4, 0.5) is 5.69 Å². The highest BCUT2D eigenvalue weighted by Gasteiger charge is 2.28. The van der Waals surface area contributed by atoms with Crippen LogP contribution in [-0.4, -0.2) is 48.2 Å². The number of hydrogen-bond donors (Lipinski definition) is 1. The van der Waals surface area contributed by atoms with E-state index in [4.69, 9.17) is 5.11 Å². The zero-order chi connectivity index (χ0) is 14.7. The predicted octanol–water partition coefficient (Wildman–Crippen LogP) is 2.23. The summed E-state index contributed by atoms with van der Waals surface area (Å²) in [5.41, 5.74) is 2.54. The van der Waals surface area contributed by atoms with Gasteiger partial charge in [-0.25, -0.2) is 0 Å². The van der Waals surface area contributed by atoms with Crippen LogP contribution in [0.15, 0.2) is 24.3 Å². The summed E-state index contributed by atoms with van der Waals surface area (Å²) < 4.78 is 0. The first-order chi connectivity index (χ1) is 9.49. The van der Waals surface area contributed by atoms with E-state index in [1.54, 1.807) is 6.92 Å². The maximum atomic E-state index is 11.1. The fourth-order valence-corrected chi connectivity index (χ4v) is 2.73. The van der Waals surface area contributed by atoms with Crippen LogP contribution in [0.25, 0.3) is 0 Å². The molecule has 0 amide bonds. The summed E-state index contributed by atoms with van der Waals surface area (Å²) in [6, 6.07) is 8.64. The van der Waals surface area contributed by atoms with Crippen LogP contribution in [0.5, 0.6) is 0 Å². The van der Waals surface area contributed by atoms with E-state index in [-0.39, 0.29) is 12.0 Å². The van der Waals surface area contributed by atoms with Gasteiger partial charge in [0, 0.05) is 37.9 Å². The van der Waals surface area contributed by atoms with E-state index >= 15 is 0 Å². The number of benzene rings is 1. The molecule has 1 saturated heterocycles. The average molecular weight is 276 g/mol. The van der Waals surface area contributed by atoms with Crippen LogP contribution in [0, 0.1) is 12.8 Å². The molecule has 2 unspecified atom stereocenters. The lowest BCUT2D eigenvalue weighted by atomic mass is 10.0. The molecular weight excluding hydrogens is 252 g/mol. The summed E-state index contributed by atoms with van der Waals surface area (Å²) in [6.45, 7) is 9.68. The maximum Gasteiger partial charge on any atom is 0.307 e. The molecule has 0 aliphatic carbocycles. The standard InChI is InChI=1S/C16H24N2O2/c1-12-5-4-6-15(11-12)18-9-7-17(8-10-18)14(3)13(2)16(19)20/h4-6,11,13-14H,7-10H2,1-3H3,(H,19,20). The van der Waals surface area contributed by atoms with Crippen LogP contribution in [-0.2, 0) is 4.79 Å². The minimum absolute atomic E-state index is 0.0900. The molecule has 20 heavy (non-hydrogen) atoms. The van der Waals surface area contributed by atoms with Gasteiger partial charge in [-0.15, -0.1) is 0 Å². The molecule has 0 radical (unpaired) electrons. The van der Waals surface area contributed by atoms with E-state index in [0.717, 1.165) is 26.2 Å². The second-order valence-electron chi connectivity index (χ2n) is 5.73. The quantitative estimate of drug-likeness (QED) is 0.916. The van der Waals surface area contributed by atoms with E-state index in [9.17, 15) is 4.79 Å². The number of carboxylic acid groups (broad SMARTS) is 1. The number of hydrogen-bond acceptors (Lipinski definition) is 3. The molecule has 0 spiro atoms. The minimum Gasteiger partial charge on any atom is -0.481 e. The monoisotopic (exact) mass is 276 g/mol. The smallest absolute Gasteiger partial charge is 0.307 e. The Morgan fingerprint density at radius 3 is 2.40 bits per heavy atom. The van der Waals surface area contributed by atoms with Crippen LogP contribution < -0.4 is 4.90 Å². The number of nitrogens with zero attached hydrogens (tertiary/aromatic N) is 2. The minimum atomic E-state index is -0.710. The highest BCUT2D eigenvalue weighted by Crippen LogP contribution is 2.20. The van der Waals surface area contributed by atoms with Crippen molar-refractivity contribution in [3.63, 3.8) is 0 Å². The molecule has 110 valence electrons. The molecule has 0 bridgehead atoms. The summed E-state index contributed by atoms with van der Waals surface area (Å²) in [4.78, 5) is 15.7. The van der Waals surface area contributed by atoms with E-state index < -0.39 is 5.97 Å². The molecule has 1 aromatic carbocycles. The van der Waals surface area contributed by atoms with Gasteiger partial charge >= 0.3 is 5.97 Å². The zero-order valence-corrected chi connectivity index (χ0v) is 12.5. The molecule has 1 aliphatic heterocycles. The van der Waals surface area contributed by atoms with Crippen molar-refractivity contribution in [1.29, 1.82) is 0 Å². The van der Waals surface area contributed by atoms with Crippen LogP contribution in [0.2, 0.25) is 0 Å².